The molecule has 0 aliphatic carbocycles. The van der Waals surface area contributed by atoms with Gasteiger partial charge in [-0.25, -0.2) is 0 Å². The van der Waals surface area contributed by atoms with Crippen LogP contribution >= 0.6 is 0 Å². The number of anilines is 1. The summed E-state index contributed by atoms with van der Waals surface area (Å²) in [5.74, 6) is 0.414. The Bertz CT molecular complexity index is 370. The third-order valence-electron chi connectivity index (χ3n) is 2.30. The van der Waals surface area contributed by atoms with Gasteiger partial charge in [-0.3, -0.25) is 4.68 Å². The topological polar surface area (TPSA) is 47.1 Å². The van der Waals surface area contributed by atoms with Gasteiger partial charge in [0.15, 0.2) is 0 Å². The molecule has 0 atom stereocenters. The fourth-order valence-electron chi connectivity index (χ4n) is 1.75. The first-order valence-corrected chi connectivity index (χ1v) is 4.76. The molecule has 0 aromatic carbocycles. The van der Waals surface area contributed by atoms with Gasteiger partial charge in [0.05, 0.1) is 5.69 Å². The second kappa shape index (κ2) is 4.32. The van der Waals surface area contributed by atoms with Gasteiger partial charge in [0.2, 0.25) is 0 Å². The SMILES string of the molecule is Cc1nn(C)c(N(C)CC(F)(F)F)c1CN. The van der Waals surface area contributed by atoms with Crippen LogP contribution in [0.4, 0.5) is 19.0 Å². The smallest absolute Gasteiger partial charge is 0.351 e. The maximum absolute atomic E-state index is 12.3. The average molecular weight is 236 g/mol. The molecule has 1 heterocycles. The molecule has 0 amide bonds. The summed E-state index contributed by atoms with van der Waals surface area (Å²) in [6.07, 6.45) is -4.24. The zero-order chi connectivity index (χ0) is 12.5. The van der Waals surface area contributed by atoms with Crippen molar-refractivity contribution in [2.24, 2.45) is 12.8 Å². The molecule has 0 fully saturated rings. The van der Waals surface area contributed by atoms with Crippen molar-refractivity contribution in [1.29, 1.82) is 0 Å². The Morgan fingerprint density at radius 3 is 2.44 bits per heavy atom. The third-order valence-corrected chi connectivity index (χ3v) is 2.30. The second-order valence-electron chi connectivity index (χ2n) is 3.69. The summed E-state index contributed by atoms with van der Waals surface area (Å²) in [6.45, 7) is 0.892. The summed E-state index contributed by atoms with van der Waals surface area (Å²) in [6, 6.07) is 0. The molecule has 92 valence electrons. The first-order chi connectivity index (χ1) is 7.26. The minimum Gasteiger partial charge on any atom is -0.351 e. The van der Waals surface area contributed by atoms with E-state index in [-0.39, 0.29) is 6.54 Å². The molecule has 0 unspecified atom stereocenters. The van der Waals surface area contributed by atoms with E-state index in [2.05, 4.69) is 5.10 Å². The number of alkyl halides is 3. The van der Waals surface area contributed by atoms with Crippen molar-refractivity contribution < 1.29 is 13.2 Å². The van der Waals surface area contributed by atoms with Crippen LogP contribution in [0, 0.1) is 6.92 Å². The Labute approximate surface area is 91.8 Å². The molecule has 7 heteroatoms. The van der Waals surface area contributed by atoms with Crippen LogP contribution < -0.4 is 10.6 Å². The van der Waals surface area contributed by atoms with Crippen molar-refractivity contribution in [1.82, 2.24) is 9.78 Å². The Balaban J connectivity index is 3.03. The van der Waals surface area contributed by atoms with Gasteiger partial charge in [-0.1, -0.05) is 0 Å². The minimum absolute atomic E-state index is 0.178. The van der Waals surface area contributed by atoms with Crippen LogP contribution in [0.5, 0.6) is 0 Å². The summed E-state index contributed by atoms with van der Waals surface area (Å²) in [5.41, 5.74) is 6.81. The molecule has 0 bridgehead atoms. The Hall–Kier alpha value is -1.24. The number of halogens is 3. The van der Waals surface area contributed by atoms with Gasteiger partial charge in [0, 0.05) is 26.2 Å². The van der Waals surface area contributed by atoms with Crippen LogP contribution in [0.15, 0.2) is 0 Å². The monoisotopic (exact) mass is 236 g/mol. The van der Waals surface area contributed by atoms with E-state index in [1.807, 2.05) is 0 Å². The van der Waals surface area contributed by atoms with E-state index < -0.39 is 12.7 Å². The molecule has 1 rings (SSSR count). The normalized spacial score (nSPS) is 11.9. The number of rotatable bonds is 3. The van der Waals surface area contributed by atoms with E-state index in [4.69, 9.17) is 5.73 Å². The highest BCUT2D eigenvalue weighted by molar-refractivity contribution is 5.49. The Morgan fingerprint density at radius 2 is 2.00 bits per heavy atom. The largest absolute Gasteiger partial charge is 0.405 e. The fraction of sp³-hybridized carbons (Fsp3) is 0.667. The van der Waals surface area contributed by atoms with Crippen molar-refractivity contribution in [3.8, 4) is 0 Å². The lowest BCUT2D eigenvalue weighted by Gasteiger charge is -2.22. The number of aryl methyl sites for hydroxylation is 2. The van der Waals surface area contributed by atoms with E-state index in [1.54, 1.807) is 14.0 Å². The van der Waals surface area contributed by atoms with Crippen LogP contribution in [0.2, 0.25) is 0 Å². The maximum Gasteiger partial charge on any atom is 0.405 e. The Morgan fingerprint density at radius 1 is 1.44 bits per heavy atom. The van der Waals surface area contributed by atoms with Gasteiger partial charge in [0.25, 0.3) is 0 Å². The molecular weight excluding hydrogens is 221 g/mol. The van der Waals surface area contributed by atoms with Crippen molar-refractivity contribution >= 4 is 5.82 Å². The molecule has 0 spiro atoms. The van der Waals surface area contributed by atoms with Crippen molar-refractivity contribution in [3.63, 3.8) is 0 Å². The molecule has 0 radical (unpaired) electrons. The van der Waals surface area contributed by atoms with E-state index in [9.17, 15) is 13.2 Å². The fourth-order valence-corrected chi connectivity index (χ4v) is 1.75. The summed E-state index contributed by atoms with van der Waals surface area (Å²) in [4.78, 5) is 1.11. The van der Waals surface area contributed by atoms with Gasteiger partial charge >= 0.3 is 6.18 Å². The van der Waals surface area contributed by atoms with Crippen molar-refractivity contribution in [3.05, 3.63) is 11.3 Å². The molecule has 0 saturated heterocycles. The molecule has 16 heavy (non-hydrogen) atoms. The summed E-state index contributed by atoms with van der Waals surface area (Å²) < 4.78 is 38.2. The molecule has 1 aromatic heterocycles. The number of hydrogen-bond acceptors (Lipinski definition) is 3. The first kappa shape index (κ1) is 12.8. The van der Waals surface area contributed by atoms with Crippen LogP contribution in [-0.4, -0.2) is 29.5 Å². The second-order valence-corrected chi connectivity index (χ2v) is 3.69. The highest BCUT2D eigenvalue weighted by atomic mass is 19.4. The number of nitrogens with zero attached hydrogens (tertiary/aromatic N) is 3. The summed E-state index contributed by atoms with van der Waals surface area (Å²) in [5, 5.41) is 4.06. The Kier molecular flexibility index (Phi) is 3.47. The minimum atomic E-state index is -4.24. The molecular formula is C9H15F3N4. The van der Waals surface area contributed by atoms with Gasteiger partial charge in [-0.05, 0) is 6.92 Å². The number of aromatic nitrogens is 2. The quantitative estimate of drug-likeness (QED) is 0.857. The van der Waals surface area contributed by atoms with Crippen LogP contribution in [0.1, 0.15) is 11.3 Å². The van der Waals surface area contributed by atoms with E-state index in [1.165, 1.54) is 11.7 Å². The lowest BCUT2D eigenvalue weighted by atomic mass is 10.2. The molecule has 1 aromatic rings. The highest BCUT2D eigenvalue weighted by Crippen LogP contribution is 2.25. The van der Waals surface area contributed by atoms with Crippen LogP contribution in [-0.2, 0) is 13.6 Å². The summed E-state index contributed by atoms with van der Waals surface area (Å²) in [7, 11) is 2.98. The first-order valence-electron chi connectivity index (χ1n) is 4.76. The van der Waals surface area contributed by atoms with Gasteiger partial charge in [-0.15, -0.1) is 0 Å². The van der Waals surface area contributed by atoms with Crippen LogP contribution in [0.3, 0.4) is 0 Å². The zero-order valence-electron chi connectivity index (χ0n) is 9.47. The maximum atomic E-state index is 12.3. The lowest BCUT2D eigenvalue weighted by molar-refractivity contribution is -0.119. The van der Waals surface area contributed by atoms with E-state index >= 15 is 0 Å². The predicted molar refractivity (Wildman–Crippen MR) is 55.2 cm³/mol. The van der Waals surface area contributed by atoms with Crippen LogP contribution in [0.25, 0.3) is 0 Å². The van der Waals surface area contributed by atoms with Gasteiger partial charge in [0.1, 0.15) is 12.4 Å². The van der Waals surface area contributed by atoms with Crippen molar-refractivity contribution in [2.45, 2.75) is 19.6 Å². The molecule has 4 nitrogen and oxygen atoms in total. The lowest BCUT2D eigenvalue weighted by Crippen LogP contribution is -2.32. The standard InChI is InChI=1S/C9H15F3N4/c1-6-7(4-13)8(16(3)14-6)15(2)5-9(10,11)12/h4-5,13H2,1-3H3. The van der Waals surface area contributed by atoms with E-state index in [0.29, 0.717) is 17.1 Å². The van der Waals surface area contributed by atoms with Crippen molar-refractivity contribution in [2.75, 3.05) is 18.5 Å². The molecule has 0 aliphatic heterocycles. The highest BCUT2D eigenvalue weighted by Gasteiger charge is 2.31. The zero-order valence-corrected chi connectivity index (χ0v) is 9.47. The number of hydrogen-bond donors (Lipinski definition) is 1. The summed E-state index contributed by atoms with van der Waals surface area (Å²) >= 11 is 0. The third kappa shape index (κ3) is 2.66. The predicted octanol–water partition coefficient (Wildman–Crippen LogP) is 1.19. The van der Waals surface area contributed by atoms with Gasteiger partial charge in [-0.2, -0.15) is 18.3 Å². The molecule has 0 saturated carbocycles. The van der Waals surface area contributed by atoms with Gasteiger partial charge < -0.3 is 10.6 Å². The average Bonchev–Trinajstić information content (AvgIpc) is 2.37. The number of nitrogens with two attached hydrogens (primary N) is 1. The molecule has 2 N–H and O–H groups in total. The molecule has 0 aliphatic rings. The van der Waals surface area contributed by atoms with E-state index in [0.717, 1.165) is 4.90 Å².